The second-order valence-corrected chi connectivity index (χ2v) is 7.48. The highest BCUT2D eigenvalue weighted by Gasteiger charge is 2.15. The lowest BCUT2D eigenvalue weighted by Gasteiger charge is -2.09. The van der Waals surface area contributed by atoms with Crippen LogP contribution >= 0.6 is 38.9 Å². The highest BCUT2D eigenvalue weighted by atomic mass is 79.9. The van der Waals surface area contributed by atoms with Crippen LogP contribution in [-0.2, 0) is 0 Å². The first-order chi connectivity index (χ1) is 12.5. The van der Waals surface area contributed by atoms with Crippen molar-refractivity contribution in [3.63, 3.8) is 0 Å². The van der Waals surface area contributed by atoms with Crippen LogP contribution in [0.4, 0.5) is 16.6 Å². The highest BCUT2D eigenvalue weighted by Crippen LogP contribution is 2.30. The Balaban J connectivity index is 1.78. The minimum Gasteiger partial charge on any atom is -0.493 e. The zero-order chi connectivity index (χ0) is 18.7. The second-order valence-electron chi connectivity index (χ2n) is 5.23. The van der Waals surface area contributed by atoms with Gasteiger partial charge in [-0.05, 0) is 46.6 Å². The van der Waals surface area contributed by atoms with E-state index in [1.807, 2.05) is 19.1 Å². The molecule has 3 rings (SSSR count). The predicted molar refractivity (Wildman–Crippen MR) is 108 cm³/mol. The fraction of sp³-hybridized carbons (Fsp3) is 0.118. The molecule has 2 N–H and O–H groups in total. The lowest BCUT2D eigenvalue weighted by Crippen LogP contribution is -2.11. The normalized spacial score (nSPS) is 10.5. The number of pyridine rings is 1. The third-order valence-electron chi connectivity index (χ3n) is 3.46. The number of hydrogen-bond donors (Lipinski definition) is 2. The van der Waals surface area contributed by atoms with Crippen LogP contribution < -0.4 is 15.4 Å². The zero-order valence-corrected chi connectivity index (χ0v) is 17.0. The molecule has 0 fully saturated rings. The van der Waals surface area contributed by atoms with Crippen LogP contribution in [0.1, 0.15) is 15.2 Å². The fourth-order valence-corrected chi connectivity index (χ4v) is 3.47. The summed E-state index contributed by atoms with van der Waals surface area (Å²) in [5.41, 5.74) is 1.48. The number of rotatable bonds is 5. The van der Waals surface area contributed by atoms with Gasteiger partial charge in [0, 0.05) is 0 Å². The summed E-state index contributed by atoms with van der Waals surface area (Å²) in [6.07, 6.45) is 1.50. The maximum Gasteiger partial charge on any atom is 0.267 e. The molecule has 3 aromatic rings. The molecule has 0 aliphatic heterocycles. The summed E-state index contributed by atoms with van der Waals surface area (Å²) in [5, 5.41) is 6.90. The number of aromatic nitrogens is 2. The highest BCUT2D eigenvalue weighted by molar-refractivity contribution is 9.10. The van der Waals surface area contributed by atoms with Crippen LogP contribution in [0.15, 0.2) is 41.1 Å². The Morgan fingerprint density at radius 2 is 2.12 bits per heavy atom. The number of methoxy groups -OCH3 is 1. The third-order valence-corrected chi connectivity index (χ3v) is 5.13. The van der Waals surface area contributed by atoms with E-state index >= 15 is 0 Å². The molecule has 134 valence electrons. The molecule has 0 radical (unpaired) electrons. The van der Waals surface area contributed by atoms with E-state index in [0.717, 1.165) is 5.56 Å². The molecule has 0 atom stereocenters. The van der Waals surface area contributed by atoms with Gasteiger partial charge >= 0.3 is 0 Å². The minimum absolute atomic E-state index is 0.277. The van der Waals surface area contributed by atoms with Crippen molar-refractivity contribution >= 4 is 61.4 Å². The summed E-state index contributed by atoms with van der Waals surface area (Å²) in [5.74, 6) is 0.798. The van der Waals surface area contributed by atoms with Crippen molar-refractivity contribution in [1.29, 1.82) is 0 Å². The molecule has 2 aromatic heterocycles. The van der Waals surface area contributed by atoms with E-state index in [9.17, 15) is 4.79 Å². The van der Waals surface area contributed by atoms with Crippen LogP contribution in [0.5, 0.6) is 5.75 Å². The van der Waals surface area contributed by atoms with Gasteiger partial charge in [0.25, 0.3) is 5.91 Å². The van der Waals surface area contributed by atoms with E-state index in [-0.39, 0.29) is 5.91 Å². The van der Waals surface area contributed by atoms with Crippen molar-refractivity contribution in [2.75, 3.05) is 17.7 Å². The van der Waals surface area contributed by atoms with Crippen LogP contribution in [0, 0.1) is 6.92 Å². The van der Waals surface area contributed by atoms with Crippen molar-refractivity contribution in [2.45, 2.75) is 6.92 Å². The number of benzene rings is 1. The van der Waals surface area contributed by atoms with Crippen molar-refractivity contribution in [2.24, 2.45) is 0 Å². The number of hydrogen-bond acceptors (Lipinski definition) is 6. The molecule has 26 heavy (non-hydrogen) atoms. The summed E-state index contributed by atoms with van der Waals surface area (Å²) >= 11 is 10.7. The van der Waals surface area contributed by atoms with E-state index in [1.165, 1.54) is 17.5 Å². The van der Waals surface area contributed by atoms with Gasteiger partial charge in [0.1, 0.15) is 9.48 Å². The molecule has 6 nitrogen and oxygen atoms in total. The Kier molecular flexibility index (Phi) is 5.75. The van der Waals surface area contributed by atoms with Crippen molar-refractivity contribution in [1.82, 2.24) is 9.97 Å². The molecule has 0 bridgehead atoms. The van der Waals surface area contributed by atoms with E-state index in [2.05, 4.69) is 36.5 Å². The average Bonchev–Trinajstić information content (AvgIpc) is 3.07. The molecule has 1 aromatic carbocycles. The van der Waals surface area contributed by atoms with Gasteiger partial charge in [-0.3, -0.25) is 4.79 Å². The number of nitrogens with one attached hydrogen (secondary N) is 2. The van der Waals surface area contributed by atoms with E-state index in [1.54, 1.807) is 25.3 Å². The first-order valence-corrected chi connectivity index (χ1v) is 9.46. The minimum atomic E-state index is -0.277. The van der Waals surface area contributed by atoms with Gasteiger partial charge in [0.05, 0.1) is 24.0 Å². The SMILES string of the molecule is COc1ccc(Br)nc1Nc1ncc(C(=O)Nc2c(C)cccc2Cl)s1. The van der Waals surface area contributed by atoms with E-state index in [0.29, 0.717) is 36.9 Å². The van der Waals surface area contributed by atoms with Crippen LogP contribution in [0.3, 0.4) is 0 Å². The third kappa shape index (κ3) is 4.14. The molecule has 0 unspecified atom stereocenters. The van der Waals surface area contributed by atoms with E-state index < -0.39 is 0 Å². The molecule has 0 saturated carbocycles. The van der Waals surface area contributed by atoms with Crippen LogP contribution in [0.2, 0.25) is 5.02 Å². The van der Waals surface area contributed by atoms with Gasteiger partial charge in [-0.15, -0.1) is 0 Å². The lowest BCUT2D eigenvalue weighted by atomic mass is 10.2. The quantitative estimate of drug-likeness (QED) is 0.515. The molecule has 1 amide bonds. The number of nitrogens with zero attached hydrogens (tertiary/aromatic N) is 2. The number of carbonyl (C=O) groups excluding carboxylic acids is 1. The van der Waals surface area contributed by atoms with Gasteiger partial charge in [-0.2, -0.15) is 0 Å². The topological polar surface area (TPSA) is 76.1 Å². The average molecular weight is 454 g/mol. The van der Waals surface area contributed by atoms with Gasteiger partial charge in [-0.1, -0.05) is 35.1 Å². The van der Waals surface area contributed by atoms with Gasteiger partial charge in [0.15, 0.2) is 16.7 Å². The number of anilines is 3. The van der Waals surface area contributed by atoms with Gasteiger partial charge < -0.3 is 15.4 Å². The molecular weight excluding hydrogens is 440 g/mol. The Morgan fingerprint density at radius 1 is 1.31 bits per heavy atom. The number of aryl methyl sites for hydroxylation is 1. The number of amides is 1. The van der Waals surface area contributed by atoms with Crippen molar-refractivity contribution in [3.8, 4) is 5.75 Å². The maximum absolute atomic E-state index is 12.5. The van der Waals surface area contributed by atoms with E-state index in [4.69, 9.17) is 16.3 Å². The summed E-state index contributed by atoms with van der Waals surface area (Å²) in [7, 11) is 1.56. The number of para-hydroxylation sites is 1. The smallest absolute Gasteiger partial charge is 0.267 e. The first-order valence-electron chi connectivity index (χ1n) is 7.48. The number of ether oxygens (including phenoxy) is 1. The Morgan fingerprint density at radius 3 is 2.85 bits per heavy atom. The molecule has 0 spiro atoms. The predicted octanol–water partition coefficient (Wildman–Crippen LogP) is 5.27. The maximum atomic E-state index is 12.5. The zero-order valence-electron chi connectivity index (χ0n) is 13.8. The molecule has 0 aliphatic rings. The molecule has 9 heteroatoms. The molecule has 2 heterocycles. The summed E-state index contributed by atoms with van der Waals surface area (Å²) < 4.78 is 5.93. The lowest BCUT2D eigenvalue weighted by molar-refractivity contribution is 0.103. The number of thiazole rings is 1. The Labute approximate surface area is 167 Å². The van der Waals surface area contributed by atoms with Gasteiger partial charge in [0.2, 0.25) is 0 Å². The summed E-state index contributed by atoms with van der Waals surface area (Å²) in [6.45, 7) is 1.88. The van der Waals surface area contributed by atoms with Crippen molar-refractivity contribution in [3.05, 3.63) is 56.6 Å². The largest absolute Gasteiger partial charge is 0.493 e. The summed E-state index contributed by atoms with van der Waals surface area (Å²) in [4.78, 5) is 21.5. The molecular formula is C17H14BrClN4O2S. The van der Waals surface area contributed by atoms with Crippen LogP contribution in [-0.4, -0.2) is 23.0 Å². The van der Waals surface area contributed by atoms with Gasteiger partial charge in [-0.25, -0.2) is 9.97 Å². The second kappa shape index (κ2) is 8.03. The monoisotopic (exact) mass is 452 g/mol. The first kappa shape index (κ1) is 18.6. The van der Waals surface area contributed by atoms with Crippen molar-refractivity contribution < 1.29 is 9.53 Å². The summed E-state index contributed by atoms with van der Waals surface area (Å²) in [6, 6.07) is 9.00. The number of halogens is 2. The van der Waals surface area contributed by atoms with Crippen LogP contribution in [0.25, 0.3) is 0 Å². The number of carbonyl (C=O) groups is 1. The molecule has 0 saturated heterocycles. The Hall–Kier alpha value is -2.16. The standard InChI is InChI=1S/C17H14BrClN4O2S/c1-9-4-3-5-10(19)14(9)22-16(24)12-8-20-17(26-12)23-15-11(25-2)6-7-13(18)21-15/h3-8H,1-2H3,(H,22,24)(H,20,21,23). The Bertz CT molecular complexity index is 943. The fourth-order valence-electron chi connectivity index (χ4n) is 2.18. The molecule has 0 aliphatic carbocycles.